The molecule has 3 amide bonds. The number of ether oxygens (including phenoxy) is 2. The zero-order valence-electron chi connectivity index (χ0n) is 18.1. The van der Waals surface area contributed by atoms with Crippen LogP contribution in [-0.2, 0) is 14.4 Å². The Morgan fingerprint density at radius 1 is 1.06 bits per heavy atom. The van der Waals surface area contributed by atoms with E-state index in [-0.39, 0.29) is 18.1 Å². The molecule has 0 spiro atoms. The Kier molecular flexibility index (Phi) is 7.12. The number of carbonyl (C=O) groups is 3. The maximum atomic E-state index is 12.8. The van der Waals surface area contributed by atoms with Crippen molar-refractivity contribution < 1.29 is 23.9 Å². The first-order valence-electron chi connectivity index (χ1n) is 10.2. The van der Waals surface area contributed by atoms with Crippen LogP contribution in [0.5, 0.6) is 11.5 Å². The molecule has 4 rings (SSSR count). The molecule has 8 nitrogen and oxygen atoms in total. The Bertz CT molecular complexity index is 1260. The molecule has 2 N–H and O–H groups in total. The van der Waals surface area contributed by atoms with Crippen LogP contribution in [0.25, 0.3) is 6.08 Å². The van der Waals surface area contributed by atoms with Crippen molar-refractivity contribution in [3.63, 3.8) is 0 Å². The van der Waals surface area contributed by atoms with E-state index >= 15 is 0 Å². The third-order valence-corrected chi connectivity index (χ3v) is 5.68. The Labute approximate surface area is 209 Å². The first kappa shape index (κ1) is 23.3. The Morgan fingerprint density at radius 2 is 1.74 bits per heavy atom. The van der Waals surface area contributed by atoms with Gasteiger partial charge in [0.1, 0.15) is 5.57 Å². The molecule has 34 heavy (non-hydrogen) atoms. The van der Waals surface area contributed by atoms with E-state index < -0.39 is 11.8 Å². The lowest BCUT2D eigenvalue weighted by molar-refractivity contribution is -0.118. The normalized spacial score (nSPS) is 14.2. The van der Waals surface area contributed by atoms with Gasteiger partial charge in [0.05, 0.1) is 16.4 Å². The summed E-state index contributed by atoms with van der Waals surface area (Å²) in [6.45, 7) is -0.214. The third kappa shape index (κ3) is 5.20. The van der Waals surface area contributed by atoms with Crippen LogP contribution in [0.1, 0.15) is 5.56 Å². The van der Waals surface area contributed by atoms with Gasteiger partial charge in [-0.2, -0.15) is 0 Å². The molecule has 3 aromatic rings. The van der Waals surface area contributed by atoms with Gasteiger partial charge in [0.25, 0.3) is 17.7 Å². The minimum Gasteiger partial charge on any atom is -0.493 e. The van der Waals surface area contributed by atoms with Crippen molar-refractivity contribution in [1.82, 2.24) is 5.43 Å². The van der Waals surface area contributed by atoms with Crippen LogP contribution in [0, 0.1) is 3.57 Å². The molecule has 9 heteroatoms. The molecule has 0 unspecified atom stereocenters. The zero-order valence-corrected chi connectivity index (χ0v) is 20.2. The van der Waals surface area contributed by atoms with Crippen LogP contribution in [0.2, 0.25) is 0 Å². The van der Waals surface area contributed by atoms with Crippen LogP contribution in [0.3, 0.4) is 0 Å². The first-order valence-corrected chi connectivity index (χ1v) is 11.3. The molecule has 3 aromatic carbocycles. The van der Waals surface area contributed by atoms with E-state index in [0.29, 0.717) is 32.0 Å². The van der Waals surface area contributed by atoms with Crippen molar-refractivity contribution in [3.05, 3.63) is 87.5 Å². The van der Waals surface area contributed by atoms with E-state index in [1.54, 1.807) is 48.5 Å². The molecule has 0 radical (unpaired) electrons. The summed E-state index contributed by atoms with van der Waals surface area (Å²) in [4.78, 5) is 37.5. The van der Waals surface area contributed by atoms with Gasteiger partial charge in [0.15, 0.2) is 18.1 Å². The average molecular weight is 569 g/mol. The molecule has 1 saturated heterocycles. The number of amides is 3. The van der Waals surface area contributed by atoms with Crippen molar-refractivity contribution in [2.75, 3.05) is 24.0 Å². The van der Waals surface area contributed by atoms with Gasteiger partial charge in [-0.1, -0.05) is 36.4 Å². The van der Waals surface area contributed by atoms with Gasteiger partial charge < -0.3 is 14.8 Å². The summed E-state index contributed by atoms with van der Waals surface area (Å²) < 4.78 is 11.8. The van der Waals surface area contributed by atoms with Crippen LogP contribution in [-0.4, -0.2) is 31.4 Å². The predicted molar refractivity (Wildman–Crippen MR) is 136 cm³/mol. The number of methoxy groups -OCH3 is 1. The molecule has 0 saturated carbocycles. The quantitative estimate of drug-likeness (QED) is 0.257. The van der Waals surface area contributed by atoms with Crippen molar-refractivity contribution >= 4 is 57.8 Å². The predicted octanol–water partition coefficient (Wildman–Crippen LogP) is 3.78. The van der Waals surface area contributed by atoms with Gasteiger partial charge >= 0.3 is 0 Å². The smallest absolute Gasteiger partial charge is 0.282 e. The maximum Gasteiger partial charge on any atom is 0.282 e. The van der Waals surface area contributed by atoms with Gasteiger partial charge in [-0.3, -0.25) is 19.8 Å². The summed E-state index contributed by atoms with van der Waals surface area (Å²) in [5.41, 5.74) is 4.38. The number of carbonyl (C=O) groups excluding carboxylic acids is 3. The molecule has 0 aromatic heterocycles. The van der Waals surface area contributed by atoms with Crippen LogP contribution < -0.4 is 25.2 Å². The van der Waals surface area contributed by atoms with Crippen LogP contribution in [0.15, 0.2) is 78.4 Å². The molecule has 0 atom stereocenters. The van der Waals surface area contributed by atoms with E-state index in [1.807, 2.05) is 24.3 Å². The molecule has 1 aliphatic heterocycles. The number of para-hydroxylation sites is 2. The van der Waals surface area contributed by atoms with Gasteiger partial charge in [0.2, 0.25) is 0 Å². The number of halogens is 1. The van der Waals surface area contributed by atoms with Gasteiger partial charge in [-0.25, -0.2) is 5.01 Å². The van der Waals surface area contributed by atoms with Crippen molar-refractivity contribution in [3.8, 4) is 11.5 Å². The number of benzene rings is 3. The highest BCUT2D eigenvalue weighted by molar-refractivity contribution is 14.1. The van der Waals surface area contributed by atoms with E-state index in [4.69, 9.17) is 9.47 Å². The number of nitrogens with zero attached hydrogens (tertiary/aromatic N) is 1. The molecule has 0 bridgehead atoms. The van der Waals surface area contributed by atoms with Crippen LogP contribution >= 0.6 is 22.6 Å². The molecule has 0 aliphatic carbocycles. The summed E-state index contributed by atoms with van der Waals surface area (Å²) in [5.74, 6) is -0.507. The number of rotatable bonds is 7. The molecule has 172 valence electrons. The van der Waals surface area contributed by atoms with Crippen molar-refractivity contribution in [1.29, 1.82) is 0 Å². The third-order valence-electron chi connectivity index (χ3n) is 4.87. The zero-order chi connectivity index (χ0) is 24.1. The van der Waals surface area contributed by atoms with E-state index in [1.165, 1.54) is 18.2 Å². The van der Waals surface area contributed by atoms with Crippen molar-refractivity contribution in [2.24, 2.45) is 0 Å². The first-order chi connectivity index (χ1) is 16.5. The maximum absolute atomic E-state index is 12.8. The highest BCUT2D eigenvalue weighted by Gasteiger charge is 2.34. The standard InChI is InChI=1S/C25H20IN3O5/c1-33-21-14-16(12-19-24(31)28-29(25(19)32)18-10-6-3-7-11-18)13-20(26)23(21)34-15-22(30)27-17-8-4-2-5-9-17/h2-14H,15H2,1H3,(H,27,30)(H,28,31)/b19-12-. The molecular formula is C25H20IN3O5. The Hall–Kier alpha value is -3.86. The molecule has 1 aliphatic rings. The monoisotopic (exact) mass is 569 g/mol. The summed E-state index contributed by atoms with van der Waals surface area (Å²) in [7, 11) is 1.48. The topological polar surface area (TPSA) is 97.0 Å². The Balaban J connectivity index is 1.51. The number of nitrogens with one attached hydrogen (secondary N) is 2. The second-order valence-corrected chi connectivity index (χ2v) is 8.37. The fourth-order valence-corrected chi connectivity index (χ4v) is 4.08. The number of hydrogen-bond acceptors (Lipinski definition) is 5. The minimum atomic E-state index is -0.499. The highest BCUT2D eigenvalue weighted by Crippen LogP contribution is 2.35. The van der Waals surface area contributed by atoms with E-state index in [2.05, 4.69) is 33.3 Å². The lowest BCUT2D eigenvalue weighted by atomic mass is 10.1. The highest BCUT2D eigenvalue weighted by atomic mass is 127. The largest absolute Gasteiger partial charge is 0.493 e. The van der Waals surface area contributed by atoms with Crippen molar-refractivity contribution in [2.45, 2.75) is 0 Å². The summed E-state index contributed by atoms with van der Waals surface area (Å²) >= 11 is 2.05. The Morgan fingerprint density at radius 3 is 2.41 bits per heavy atom. The fraction of sp³-hybridized carbons (Fsp3) is 0.0800. The SMILES string of the molecule is COc1cc(/C=C2/C(=O)NN(c3ccccc3)C2=O)cc(I)c1OCC(=O)Nc1ccccc1. The van der Waals surface area contributed by atoms with E-state index in [0.717, 1.165) is 0 Å². The molecule has 1 fully saturated rings. The molecule has 1 heterocycles. The number of hydrazine groups is 1. The summed E-state index contributed by atoms with van der Waals surface area (Å²) in [6.07, 6.45) is 1.50. The average Bonchev–Trinajstić information content (AvgIpc) is 3.12. The fourth-order valence-electron chi connectivity index (χ4n) is 3.30. The summed E-state index contributed by atoms with van der Waals surface area (Å²) in [6, 6.07) is 21.3. The minimum absolute atomic E-state index is 0.00221. The second kappa shape index (κ2) is 10.4. The lowest BCUT2D eigenvalue weighted by Gasteiger charge is -2.14. The van der Waals surface area contributed by atoms with Gasteiger partial charge in [-0.15, -0.1) is 0 Å². The second-order valence-electron chi connectivity index (χ2n) is 7.21. The van der Waals surface area contributed by atoms with Gasteiger partial charge in [0, 0.05) is 5.69 Å². The lowest BCUT2D eigenvalue weighted by Crippen LogP contribution is -2.35. The van der Waals surface area contributed by atoms with E-state index in [9.17, 15) is 14.4 Å². The number of anilines is 2. The summed E-state index contributed by atoms with van der Waals surface area (Å²) in [5, 5.41) is 3.96. The van der Waals surface area contributed by atoms with Crippen LogP contribution in [0.4, 0.5) is 11.4 Å². The van der Waals surface area contributed by atoms with Gasteiger partial charge in [-0.05, 0) is 70.6 Å². The number of hydrogen-bond donors (Lipinski definition) is 2. The molecular weight excluding hydrogens is 549 g/mol.